The number of benzene rings is 2. The lowest BCUT2D eigenvalue weighted by atomic mass is 9.82. The van der Waals surface area contributed by atoms with Crippen molar-refractivity contribution < 1.29 is 13.5 Å². The standard InChI is InChI=1S/C21H29N5O3S2/c1-14(24-19(21(2,3)4)15-10-7-6-8-11-15)20(26-30-22)25-16-12-9-13-17(18(16)27)31(28,29)23-5/h6-13,19,23-24,27H,1,22H2,2-5H3,(H,25,26)/t19-/m0/s1. The van der Waals surface area contributed by atoms with Gasteiger partial charge in [0.05, 0.1) is 11.7 Å². The average molecular weight is 464 g/mol. The summed E-state index contributed by atoms with van der Waals surface area (Å²) in [6, 6.07) is 14.1. The predicted octanol–water partition coefficient (Wildman–Crippen LogP) is 3.33. The fourth-order valence-electron chi connectivity index (χ4n) is 2.94. The van der Waals surface area contributed by atoms with E-state index < -0.39 is 15.8 Å². The number of nitrogens with two attached hydrogens (primary N) is 1. The number of nitrogens with zero attached hydrogens (tertiary/aromatic N) is 1. The Bertz CT molecular complexity index is 1050. The van der Waals surface area contributed by atoms with Crippen molar-refractivity contribution >= 4 is 33.7 Å². The molecular formula is C21H29N5O3S2. The minimum Gasteiger partial charge on any atom is -0.504 e. The van der Waals surface area contributed by atoms with Crippen molar-refractivity contribution in [2.24, 2.45) is 15.5 Å². The number of aromatic hydroxyl groups is 1. The molecule has 0 heterocycles. The molecule has 6 N–H and O–H groups in total. The summed E-state index contributed by atoms with van der Waals surface area (Å²) in [6.45, 7) is 10.4. The fraction of sp³-hybridized carbons (Fsp3) is 0.286. The summed E-state index contributed by atoms with van der Waals surface area (Å²) in [5.74, 6) is -0.214. The number of para-hydroxylation sites is 1. The molecule has 0 radical (unpaired) electrons. The van der Waals surface area contributed by atoms with E-state index in [1.54, 1.807) is 0 Å². The van der Waals surface area contributed by atoms with Crippen LogP contribution in [0.25, 0.3) is 0 Å². The third kappa shape index (κ3) is 6.23. The largest absolute Gasteiger partial charge is 0.504 e. The van der Waals surface area contributed by atoms with Gasteiger partial charge < -0.3 is 10.4 Å². The molecule has 31 heavy (non-hydrogen) atoms. The van der Waals surface area contributed by atoms with Crippen LogP contribution in [0.4, 0.5) is 5.69 Å². The van der Waals surface area contributed by atoms with E-state index in [-0.39, 0.29) is 27.9 Å². The van der Waals surface area contributed by atoms with Crippen LogP contribution in [0.3, 0.4) is 0 Å². The number of aliphatic imine (C=N–C) groups is 1. The van der Waals surface area contributed by atoms with E-state index >= 15 is 0 Å². The lowest BCUT2D eigenvalue weighted by Gasteiger charge is -2.33. The molecule has 0 amide bonds. The van der Waals surface area contributed by atoms with E-state index in [1.165, 1.54) is 25.2 Å². The minimum atomic E-state index is -3.85. The Balaban J connectivity index is 2.45. The van der Waals surface area contributed by atoms with Crippen LogP contribution in [0.1, 0.15) is 32.4 Å². The van der Waals surface area contributed by atoms with Crippen LogP contribution in [0.2, 0.25) is 0 Å². The predicted molar refractivity (Wildman–Crippen MR) is 127 cm³/mol. The van der Waals surface area contributed by atoms with Gasteiger partial charge in [-0.1, -0.05) is 63.7 Å². The van der Waals surface area contributed by atoms with Gasteiger partial charge in [-0.2, -0.15) is 0 Å². The van der Waals surface area contributed by atoms with Gasteiger partial charge in [0, 0.05) is 12.1 Å². The molecule has 0 fully saturated rings. The van der Waals surface area contributed by atoms with Crippen LogP contribution in [0.15, 0.2) is 70.7 Å². The molecule has 0 aromatic heterocycles. The summed E-state index contributed by atoms with van der Waals surface area (Å²) in [5.41, 5.74) is 1.40. The number of hydrogen-bond donors (Lipinski definition) is 5. The van der Waals surface area contributed by atoms with Gasteiger partial charge >= 0.3 is 0 Å². The van der Waals surface area contributed by atoms with E-state index in [1.807, 2.05) is 30.3 Å². The molecular weight excluding hydrogens is 434 g/mol. The van der Waals surface area contributed by atoms with E-state index in [0.717, 1.165) is 17.7 Å². The molecule has 0 bridgehead atoms. The second kappa shape index (κ2) is 10.2. The maximum Gasteiger partial charge on any atom is 0.244 e. The first-order valence-electron chi connectivity index (χ1n) is 9.48. The summed E-state index contributed by atoms with van der Waals surface area (Å²) >= 11 is 0.814. The Morgan fingerprint density at radius 3 is 2.35 bits per heavy atom. The van der Waals surface area contributed by atoms with Gasteiger partial charge in [0.25, 0.3) is 0 Å². The number of rotatable bonds is 8. The highest BCUT2D eigenvalue weighted by atomic mass is 32.2. The summed E-state index contributed by atoms with van der Waals surface area (Å²) in [5, 5.41) is 19.5. The molecule has 10 heteroatoms. The van der Waals surface area contributed by atoms with Crippen molar-refractivity contribution in [3.05, 3.63) is 66.4 Å². The van der Waals surface area contributed by atoms with Crippen LogP contribution in [-0.2, 0) is 10.0 Å². The highest BCUT2D eigenvalue weighted by molar-refractivity contribution is 7.95. The Kier molecular flexibility index (Phi) is 8.13. The van der Waals surface area contributed by atoms with Gasteiger partial charge in [-0.05, 0) is 30.2 Å². The third-order valence-electron chi connectivity index (χ3n) is 4.53. The summed E-state index contributed by atoms with van der Waals surface area (Å²) in [4.78, 5) is 4.11. The smallest absolute Gasteiger partial charge is 0.244 e. The molecule has 0 unspecified atom stereocenters. The molecule has 1 atom stereocenters. The zero-order valence-electron chi connectivity index (χ0n) is 18.0. The van der Waals surface area contributed by atoms with Gasteiger partial charge in [0.2, 0.25) is 10.0 Å². The molecule has 8 nitrogen and oxygen atoms in total. The summed E-state index contributed by atoms with van der Waals surface area (Å²) in [7, 11) is -2.58. The molecule has 0 aliphatic rings. The molecule has 0 aliphatic heterocycles. The number of phenolic OH excluding ortho intramolecular Hbond substituents is 1. The number of nitrogens with one attached hydrogen (secondary N) is 3. The maximum absolute atomic E-state index is 12.1. The molecule has 0 aliphatic carbocycles. The number of amidine groups is 1. The van der Waals surface area contributed by atoms with Crippen molar-refractivity contribution in [1.29, 1.82) is 0 Å². The topological polar surface area (TPSA) is 129 Å². The fourth-order valence-corrected chi connectivity index (χ4v) is 4.06. The number of phenols is 1. The van der Waals surface area contributed by atoms with Gasteiger partial charge in [0.1, 0.15) is 10.6 Å². The van der Waals surface area contributed by atoms with Crippen LogP contribution >= 0.6 is 12.1 Å². The molecule has 0 saturated heterocycles. The summed E-state index contributed by atoms with van der Waals surface area (Å²) < 4.78 is 29.3. The first kappa shape index (κ1) is 24.7. The minimum absolute atomic E-state index is 0.0582. The van der Waals surface area contributed by atoms with Crippen LogP contribution in [0.5, 0.6) is 5.75 Å². The maximum atomic E-state index is 12.1. The molecule has 2 aromatic carbocycles. The first-order chi connectivity index (χ1) is 14.5. The Hall–Kier alpha value is -2.53. The highest BCUT2D eigenvalue weighted by Gasteiger charge is 2.27. The second-order valence-corrected chi connectivity index (χ2v) is 10.1. The Morgan fingerprint density at radius 2 is 1.81 bits per heavy atom. The van der Waals surface area contributed by atoms with Crippen LogP contribution in [-0.4, -0.2) is 26.4 Å². The van der Waals surface area contributed by atoms with E-state index in [2.05, 4.69) is 47.1 Å². The van der Waals surface area contributed by atoms with Gasteiger partial charge in [-0.15, -0.1) is 0 Å². The van der Waals surface area contributed by atoms with Gasteiger partial charge in [0.15, 0.2) is 11.6 Å². The molecule has 0 saturated carbocycles. The zero-order valence-corrected chi connectivity index (χ0v) is 19.6. The van der Waals surface area contributed by atoms with Crippen molar-refractivity contribution in [3.8, 4) is 5.75 Å². The Labute approximate surface area is 188 Å². The van der Waals surface area contributed by atoms with Crippen molar-refractivity contribution in [1.82, 2.24) is 14.8 Å². The quantitative estimate of drug-likeness (QED) is 0.231. The van der Waals surface area contributed by atoms with E-state index in [0.29, 0.717) is 5.70 Å². The second-order valence-electron chi connectivity index (χ2n) is 7.84. The number of sulfonamides is 1. The van der Waals surface area contributed by atoms with Crippen LogP contribution < -0.4 is 19.9 Å². The SMILES string of the molecule is C=C(N[C@@H](c1ccccc1)C(C)(C)C)C(=Nc1cccc(S(=O)(=O)NC)c1O)NSN. The van der Waals surface area contributed by atoms with E-state index in [9.17, 15) is 13.5 Å². The van der Waals surface area contributed by atoms with E-state index in [4.69, 9.17) is 5.14 Å². The normalized spacial score (nSPS) is 13.5. The summed E-state index contributed by atoms with van der Waals surface area (Å²) in [6.07, 6.45) is 0. The van der Waals surface area contributed by atoms with Crippen LogP contribution in [0, 0.1) is 5.41 Å². The lowest BCUT2D eigenvalue weighted by Crippen LogP contribution is -2.36. The van der Waals surface area contributed by atoms with Crippen molar-refractivity contribution in [3.63, 3.8) is 0 Å². The average Bonchev–Trinajstić information content (AvgIpc) is 2.72. The monoisotopic (exact) mass is 463 g/mol. The molecule has 168 valence electrons. The van der Waals surface area contributed by atoms with Gasteiger partial charge in [-0.3, -0.25) is 9.86 Å². The first-order valence-corrected chi connectivity index (χ1v) is 11.8. The molecule has 2 rings (SSSR count). The highest BCUT2D eigenvalue weighted by Crippen LogP contribution is 2.35. The third-order valence-corrected chi connectivity index (χ3v) is 6.28. The zero-order chi connectivity index (χ0) is 23.2. The van der Waals surface area contributed by atoms with Crippen molar-refractivity contribution in [2.75, 3.05) is 7.05 Å². The van der Waals surface area contributed by atoms with Crippen molar-refractivity contribution in [2.45, 2.75) is 31.7 Å². The number of hydrogen-bond acceptors (Lipinski definition) is 7. The van der Waals surface area contributed by atoms with Gasteiger partial charge in [-0.25, -0.2) is 18.1 Å². The lowest BCUT2D eigenvalue weighted by molar-refractivity contribution is 0.292. The molecule has 2 aromatic rings. The molecule has 0 spiro atoms. The Morgan fingerprint density at radius 1 is 1.16 bits per heavy atom.